The van der Waals surface area contributed by atoms with Gasteiger partial charge in [-0.25, -0.2) is 4.39 Å². The van der Waals surface area contributed by atoms with Crippen LogP contribution in [0.25, 0.3) is 0 Å². The van der Waals surface area contributed by atoms with Gasteiger partial charge in [0.15, 0.2) is 0 Å². The van der Waals surface area contributed by atoms with Crippen LogP contribution in [0.1, 0.15) is 15.9 Å². The van der Waals surface area contributed by atoms with Crippen molar-refractivity contribution in [2.45, 2.75) is 6.42 Å². The van der Waals surface area contributed by atoms with Gasteiger partial charge in [0.05, 0.1) is 11.8 Å². The summed E-state index contributed by atoms with van der Waals surface area (Å²) in [7, 11) is 0. The van der Waals surface area contributed by atoms with Crippen LogP contribution in [0.15, 0.2) is 41.0 Å². The number of hydrogen-bond acceptors (Lipinski definition) is 2. The van der Waals surface area contributed by atoms with Crippen molar-refractivity contribution in [3.8, 4) is 0 Å². The van der Waals surface area contributed by atoms with Gasteiger partial charge in [-0.1, -0.05) is 18.2 Å². The summed E-state index contributed by atoms with van der Waals surface area (Å²) in [4.78, 5) is 11.7. The molecular formula is C13H11ClFNO2. The standard InChI is InChI=1S/C13H11ClFNO2/c14-12-10(6-8-18-12)13(17)16-7-5-9-3-1-2-4-11(9)15/h1-4,6,8H,5,7H2,(H,16,17). The smallest absolute Gasteiger partial charge is 0.256 e. The Kier molecular flexibility index (Phi) is 3.99. The van der Waals surface area contributed by atoms with Crippen LogP contribution in [0.5, 0.6) is 0 Å². The van der Waals surface area contributed by atoms with Crippen LogP contribution in [0.2, 0.25) is 5.22 Å². The predicted octanol–water partition coefficient (Wildman–Crippen LogP) is 3.04. The topological polar surface area (TPSA) is 42.2 Å². The van der Waals surface area contributed by atoms with E-state index >= 15 is 0 Å². The highest BCUT2D eigenvalue weighted by Gasteiger charge is 2.12. The molecule has 1 amide bonds. The summed E-state index contributed by atoms with van der Waals surface area (Å²) >= 11 is 5.67. The summed E-state index contributed by atoms with van der Waals surface area (Å²) in [6.45, 7) is 0.335. The molecule has 2 aromatic rings. The van der Waals surface area contributed by atoms with Gasteiger partial charge in [0.1, 0.15) is 5.82 Å². The van der Waals surface area contributed by atoms with Crippen LogP contribution < -0.4 is 5.32 Å². The van der Waals surface area contributed by atoms with E-state index in [-0.39, 0.29) is 22.5 Å². The second-order valence-corrected chi connectivity index (χ2v) is 4.05. The molecule has 0 spiro atoms. The Balaban J connectivity index is 1.88. The lowest BCUT2D eigenvalue weighted by Gasteiger charge is -2.05. The minimum atomic E-state index is -0.329. The average molecular weight is 268 g/mol. The largest absolute Gasteiger partial charge is 0.452 e. The monoisotopic (exact) mass is 267 g/mol. The van der Waals surface area contributed by atoms with Crippen LogP contribution in [-0.2, 0) is 6.42 Å². The van der Waals surface area contributed by atoms with Gasteiger partial charge in [0.25, 0.3) is 5.91 Å². The lowest BCUT2D eigenvalue weighted by molar-refractivity contribution is 0.0953. The van der Waals surface area contributed by atoms with Crippen LogP contribution in [0.4, 0.5) is 4.39 Å². The third kappa shape index (κ3) is 2.90. The number of hydrogen-bond donors (Lipinski definition) is 1. The van der Waals surface area contributed by atoms with Crippen LogP contribution in [0, 0.1) is 5.82 Å². The first kappa shape index (κ1) is 12.6. The van der Waals surface area contributed by atoms with Gasteiger partial charge in [0.2, 0.25) is 5.22 Å². The second kappa shape index (κ2) is 5.69. The molecule has 0 aliphatic carbocycles. The zero-order valence-corrected chi connectivity index (χ0v) is 10.2. The van der Waals surface area contributed by atoms with Crippen molar-refractivity contribution in [3.05, 3.63) is 58.8 Å². The average Bonchev–Trinajstić information content (AvgIpc) is 2.78. The van der Waals surface area contributed by atoms with Crippen molar-refractivity contribution < 1.29 is 13.6 Å². The Morgan fingerprint density at radius 3 is 2.78 bits per heavy atom. The number of rotatable bonds is 4. The van der Waals surface area contributed by atoms with E-state index in [0.717, 1.165) is 0 Å². The van der Waals surface area contributed by atoms with Gasteiger partial charge in [0, 0.05) is 6.54 Å². The number of carbonyl (C=O) groups is 1. The first-order valence-electron chi connectivity index (χ1n) is 5.43. The Morgan fingerprint density at radius 2 is 2.11 bits per heavy atom. The Bertz CT molecular complexity index is 553. The van der Waals surface area contributed by atoms with E-state index < -0.39 is 0 Å². The molecule has 0 saturated heterocycles. The molecule has 0 atom stereocenters. The van der Waals surface area contributed by atoms with E-state index in [1.807, 2.05) is 0 Å². The van der Waals surface area contributed by atoms with Gasteiger partial charge in [-0.2, -0.15) is 0 Å². The molecular weight excluding hydrogens is 257 g/mol. The quantitative estimate of drug-likeness (QED) is 0.925. The lowest BCUT2D eigenvalue weighted by Crippen LogP contribution is -2.25. The number of amides is 1. The highest BCUT2D eigenvalue weighted by atomic mass is 35.5. The molecule has 1 aromatic heterocycles. The fourth-order valence-corrected chi connectivity index (χ4v) is 1.76. The van der Waals surface area contributed by atoms with E-state index in [2.05, 4.69) is 5.32 Å². The van der Waals surface area contributed by atoms with Gasteiger partial charge in [-0.15, -0.1) is 0 Å². The van der Waals surface area contributed by atoms with Gasteiger partial charge in [-0.05, 0) is 35.7 Å². The number of carbonyl (C=O) groups excluding carboxylic acids is 1. The summed E-state index contributed by atoms with van der Waals surface area (Å²) in [5.74, 6) is -0.599. The van der Waals surface area contributed by atoms with Gasteiger partial charge < -0.3 is 9.73 Å². The Labute approximate surface area is 109 Å². The van der Waals surface area contributed by atoms with E-state index in [1.54, 1.807) is 18.2 Å². The maximum atomic E-state index is 13.3. The summed E-state index contributed by atoms with van der Waals surface area (Å²) in [6.07, 6.45) is 1.77. The molecule has 1 heterocycles. The highest BCUT2D eigenvalue weighted by molar-refractivity contribution is 6.32. The summed E-state index contributed by atoms with van der Waals surface area (Å²) in [5.41, 5.74) is 0.848. The molecule has 18 heavy (non-hydrogen) atoms. The summed E-state index contributed by atoms with van der Waals surface area (Å²) < 4.78 is 18.1. The molecule has 0 aliphatic heterocycles. The summed E-state index contributed by atoms with van der Waals surface area (Å²) in [6, 6.07) is 7.95. The maximum Gasteiger partial charge on any atom is 0.256 e. The van der Waals surface area contributed by atoms with E-state index in [4.69, 9.17) is 16.0 Å². The van der Waals surface area contributed by atoms with Crippen molar-refractivity contribution >= 4 is 17.5 Å². The third-order valence-corrected chi connectivity index (χ3v) is 2.79. The van der Waals surface area contributed by atoms with E-state index in [1.165, 1.54) is 18.4 Å². The number of nitrogens with one attached hydrogen (secondary N) is 1. The van der Waals surface area contributed by atoms with Gasteiger partial charge in [-0.3, -0.25) is 4.79 Å². The first-order chi connectivity index (χ1) is 8.68. The fraction of sp³-hybridized carbons (Fsp3) is 0.154. The minimum Gasteiger partial charge on any atom is -0.452 e. The van der Waals surface area contributed by atoms with Crippen LogP contribution >= 0.6 is 11.6 Å². The number of furan rings is 1. The zero-order chi connectivity index (χ0) is 13.0. The van der Waals surface area contributed by atoms with Crippen molar-refractivity contribution in [2.75, 3.05) is 6.54 Å². The van der Waals surface area contributed by atoms with Crippen molar-refractivity contribution in [1.82, 2.24) is 5.32 Å². The molecule has 5 heteroatoms. The van der Waals surface area contributed by atoms with Crippen LogP contribution in [-0.4, -0.2) is 12.5 Å². The number of halogens is 2. The molecule has 1 aromatic carbocycles. The van der Waals surface area contributed by atoms with Gasteiger partial charge >= 0.3 is 0 Å². The SMILES string of the molecule is O=C(NCCc1ccccc1F)c1ccoc1Cl. The lowest BCUT2D eigenvalue weighted by atomic mass is 10.1. The first-order valence-corrected chi connectivity index (χ1v) is 5.81. The molecule has 3 nitrogen and oxygen atoms in total. The Hall–Kier alpha value is -1.81. The van der Waals surface area contributed by atoms with Crippen molar-refractivity contribution in [2.24, 2.45) is 0 Å². The molecule has 0 saturated carbocycles. The molecule has 0 bridgehead atoms. The van der Waals surface area contributed by atoms with Crippen LogP contribution in [0.3, 0.4) is 0 Å². The Morgan fingerprint density at radius 1 is 1.33 bits per heavy atom. The third-order valence-electron chi connectivity index (χ3n) is 2.50. The molecule has 0 aliphatic rings. The molecule has 0 fully saturated rings. The highest BCUT2D eigenvalue weighted by Crippen LogP contribution is 2.16. The molecule has 0 radical (unpaired) electrons. The minimum absolute atomic E-state index is 0.0541. The fourth-order valence-electron chi connectivity index (χ4n) is 1.56. The summed E-state index contributed by atoms with van der Waals surface area (Å²) in [5, 5.41) is 2.71. The normalized spacial score (nSPS) is 10.3. The van der Waals surface area contributed by atoms with E-state index in [9.17, 15) is 9.18 Å². The van der Waals surface area contributed by atoms with E-state index in [0.29, 0.717) is 18.5 Å². The second-order valence-electron chi connectivity index (χ2n) is 3.71. The van der Waals surface area contributed by atoms with Crippen molar-refractivity contribution in [3.63, 3.8) is 0 Å². The van der Waals surface area contributed by atoms with Crippen molar-refractivity contribution in [1.29, 1.82) is 0 Å². The molecule has 94 valence electrons. The predicted molar refractivity (Wildman–Crippen MR) is 66.2 cm³/mol. The zero-order valence-electron chi connectivity index (χ0n) is 9.45. The number of benzene rings is 1. The molecule has 2 rings (SSSR count). The maximum absolute atomic E-state index is 13.3. The molecule has 1 N–H and O–H groups in total. The molecule has 0 unspecified atom stereocenters.